The molecule has 124 valence electrons. The number of carbonyl (C=O) groups excluding carboxylic acids is 1. The van der Waals surface area contributed by atoms with E-state index in [1.807, 2.05) is 47.8 Å². The van der Waals surface area contributed by atoms with Gasteiger partial charge in [-0.3, -0.25) is 5.10 Å². The van der Waals surface area contributed by atoms with Crippen molar-refractivity contribution in [3.05, 3.63) is 70.7 Å². The molecule has 0 fully saturated rings. The first-order valence-electron chi connectivity index (χ1n) is 7.52. The fraction of sp³-hybridized carbons (Fsp3) is 0.176. The summed E-state index contributed by atoms with van der Waals surface area (Å²) in [4.78, 5) is 15.0. The fourth-order valence-corrected chi connectivity index (χ4v) is 3.03. The fourth-order valence-electron chi connectivity index (χ4n) is 2.32. The number of aliphatic hydroxyl groups excluding tert-OH is 1. The minimum atomic E-state index is -0.719. The molecule has 3 N–H and O–H groups in total. The van der Waals surface area contributed by atoms with E-state index >= 15 is 0 Å². The highest BCUT2D eigenvalue weighted by Crippen LogP contribution is 2.21. The third kappa shape index (κ3) is 4.21. The SMILES string of the molecule is O=C(Nc1cn[nH]c1)N(Cc1ccccc1)CC(O)c1cccs1. The van der Waals surface area contributed by atoms with Crippen molar-refractivity contribution in [3.8, 4) is 0 Å². The van der Waals surface area contributed by atoms with Crippen LogP contribution in [0.5, 0.6) is 0 Å². The molecule has 7 heteroatoms. The Kier molecular flexibility index (Phi) is 5.25. The third-order valence-electron chi connectivity index (χ3n) is 3.52. The Bertz CT molecular complexity index is 744. The molecule has 1 atom stereocenters. The lowest BCUT2D eigenvalue weighted by atomic mass is 10.2. The normalized spacial score (nSPS) is 11.9. The number of aromatic nitrogens is 2. The summed E-state index contributed by atoms with van der Waals surface area (Å²) in [7, 11) is 0. The van der Waals surface area contributed by atoms with Gasteiger partial charge in [0.25, 0.3) is 0 Å². The summed E-state index contributed by atoms with van der Waals surface area (Å²) in [6.45, 7) is 0.617. The van der Waals surface area contributed by atoms with Crippen molar-refractivity contribution in [1.82, 2.24) is 15.1 Å². The number of aromatic amines is 1. The van der Waals surface area contributed by atoms with Crippen molar-refractivity contribution >= 4 is 23.1 Å². The predicted molar refractivity (Wildman–Crippen MR) is 93.7 cm³/mol. The highest BCUT2D eigenvalue weighted by Gasteiger charge is 2.20. The van der Waals surface area contributed by atoms with Crippen LogP contribution in [0.1, 0.15) is 16.5 Å². The molecule has 0 spiro atoms. The molecule has 24 heavy (non-hydrogen) atoms. The van der Waals surface area contributed by atoms with Gasteiger partial charge in [-0.05, 0) is 17.0 Å². The highest BCUT2D eigenvalue weighted by atomic mass is 32.1. The van der Waals surface area contributed by atoms with E-state index in [0.29, 0.717) is 12.2 Å². The maximum Gasteiger partial charge on any atom is 0.322 e. The predicted octanol–water partition coefficient (Wildman–Crippen LogP) is 3.24. The Hall–Kier alpha value is -2.64. The number of H-pyrrole nitrogens is 1. The number of hydrogen-bond acceptors (Lipinski definition) is 4. The maximum absolute atomic E-state index is 12.6. The summed E-state index contributed by atoms with van der Waals surface area (Å²) >= 11 is 1.47. The highest BCUT2D eigenvalue weighted by molar-refractivity contribution is 7.10. The van der Waals surface area contributed by atoms with Gasteiger partial charge in [0.15, 0.2) is 0 Å². The van der Waals surface area contributed by atoms with Gasteiger partial charge in [0, 0.05) is 17.6 Å². The Morgan fingerprint density at radius 2 is 2.12 bits per heavy atom. The number of urea groups is 1. The first kappa shape index (κ1) is 16.2. The number of rotatable bonds is 6. The molecule has 6 nitrogen and oxygen atoms in total. The molecule has 0 aliphatic heterocycles. The first-order valence-corrected chi connectivity index (χ1v) is 8.40. The molecule has 3 aromatic rings. The van der Waals surface area contributed by atoms with Crippen LogP contribution in [0, 0.1) is 0 Å². The zero-order valence-corrected chi connectivity index (χ0v) is 13.7. The van der Waals surface area contributed by atoms with E-state index in [9.17, 15) is 9.90 Å². The number of amides is 2. The number of aliphatic hydroxyl groups is 1. The first-order chi connectivity index (χ1) is 11.7. The molecule has 0 bridgehead atoms. The van der Waals surface area contributed by atoms with Crippen molar-refractivity contribution in [1.29, 1.82) is 0 Å². The van der Waals surface area contributed by atoms with Crippen molar-refractivity contribution in [2.75, 3.05) is 11.9 Å². The van der Waals surface area contributed by atoms with Crippen molar-refractivity contribution in [2.24, 2.45) is 0 Å². The van der Waals surface area contributed by atoms with Gasteiger partial charge in [-0.2, -0.15) is 5.10 Å². The van der Waals surface area contributed by atoms with E-state index < -0.39 is 6.10 Å². The quantitative estimate of drug-likeness (QED) is 0.643. The molecule has 2 heterocycles. The van der Waals surface area contributed by atoms with Gasteiger partial charge >= 0.3 is 6.03 Å². The second-order valence-electron chi connectivity index (χ2n) is 5.31. The van der Waals surface area contributed by atoms with Crippen LogP contribution in [0.3, 0.4) is 0 Å². The van der Waals surface area contributed by atoms with E-state index in [-0.39, 0.29) is 12.6 Å². The molecule has 0 aliphatic rings. The summed E-state index contributed by atoms with van der Waals surface area (Å²) < 4.78 is 0. The molecule has 1 unspecified atom stereocenters. The Morgan fingerprint density at radius 3 is 2.79 bits per heavy atom. The van der Waals surface area contributed by atoms with Crippen LogP contribution in [0.25, 0.3) is 0 Å². The average Bonchev–Trinajstić information content (AvgIpc) is 3.29. The van der Waals surface area contributed by atoms with E-state index in [2.05, 4.69) is 15.5 Å². The maximum atomic E-state index is 12.6. The number of thiophene rings is 1. The lowest BCUT2D eigenvalue weighted by Gasteiger charge is -2.25. The van der Waals surface area contributed by atoms with Crippen LogP contribution in [-0.2, 0) is 6.54 Å². The minimum Gasteiger partial charge on any atom is -0.386 e. The van der Waals surface area contributed by atoms with Gasteiger partial charge in [0.1, 0.15) is 6.10 Å². The molecule has 0 saturated carbocycles. The molecule has 2 aromatic heterocycles. The van der Waals surface area contributed by atoms with Crippen LogP contribution in [-0.4, -0.2) is 32.8 Å². The number of nitrogens with zero attached hydrogens (tertiary/aromatic N) is 2. The van der Waals surface area contributed by atoms with Crippen LogP contribution in [0.4, 0.5) is 10.5 Å². The average molecular weight is 342 g/mol. The molecule has 0 saturated heterocycles. The third-order valence-corrected chi connectivity index (χ3v) is 4.49. The molecule has 0 aliphatic carbocycles. The van der Waals surface area contributed by atoms with Crippen molar-refractivity contribution in [2.45, 2.75) is 12.6 Å². The zero-order chi connectivity index (χ0) is 16.8. The topological polar surface area (TPSA) is 81.2 Å². The molecule has 3 rings (SSSR count). The van der Waals surface area contributed by atoms with Crippen LogP contribution >= 0.6 is 11.3 Å². The second kappa shape index (κ2) is 7.76. The Morgan fingerprint density at radius 1 is 1.29 bits per heavy atom. The molecular weight excluding hydrogens is 324 g/mol. The summed E-state index contributed by atoms with van der Waals surface area (Å²) in [5.74, 6) is 0. The van der Waals surface area contributed by atoms with Gasteiger partial charge in [-0.15, -0.1) is 11.3 Å². The molecule has 1 aromatic carbocycles. The van der Waals surface area contributed by atoms with E-state index in [0.717, 1.165) is 10.4 Å². The number of benzene rings is 1. The molecule has 0 radical (unpaired) electrons. The summed E-state index contributed by atoms with van der Waals surface area (Å²) in [5.41, 5.74) is 1.59. The van der Waals surface area contributed by atoms with Crippen molar-refractivity contribution < 1.29 is 9.90 Å². The summed E-state index contributed by atoms with van der Waals surface area (Å²) in [6.07, 6.45) is 2.42. The molecular formula is C17H18N4O2S. The van der Waals surface area contributed by atoms with Gasteiger partial charge in [-0.25, -0.2) is 4.79 Å². The lowest BCUT2D eigenvalue weighted by Crippen LogP contribution is -2.37. The van der Waals surface area contributed by atoms with Gasteiger partial charge in [0.05, 0.1) is 18.4 Å². The van der Waals surface area contributed by atoms with E-state index in [1.165, 1.54) is 17.5 Å². The zero-order valence-electron chi connectivity index (χ0n) is 12.9. The van der Waals surface area contributed by atoms with Gasteiger partial charge < -0.3 is 15.3 Å². The summed E-state index contributed by atoms with van der Waals surface area (Å²) in [6, 6.07) is 13.2. The number of nitrogens with one attached hydrogen (secondary N) is 2. The lowest BCUT2D eigenvalue weighted by molar-refractivity contribution is 0.126. The standard InChI is InChI=1S/C17H18N4O2S/c22-15(16-7-4-8-24-16)12-21(11-13-5-2-1-3-6-13)17(23)20-14-9-18-19-10-14/h1-10,15,22H,11-12H2,(H,18,19)(H,20,23). The van der Waals surface area contributed by atoms with Crippen LogP contribution in [0.2, 0.25) is 0 Å². The monoisotopic (exact) mass is 342 g/mol. The smallest absolute Gasteiger partial charge is 0.322 e. The number of hydrogen-bond donors (Lipinski definition) is 3. The Labute approximate surface area is 143 Å². The minimum absolute atomic E-state index is 0.207. The van der Waals surface area contributed by atoms with E-state index in [1.54, 1.807) is 11.1 Å². The largest absolute Gasteiger partial charge is 0.386 e. The van der Waals surface area contributed by atoms with Crippen LogP contribution in [0.15, 0.2) is 60.2 Å². The van der Waals surface area contributed by atoms with E-state index in [4.69, 9.17) is 0 Å². The summed E-state index contributed by atoms with van der Waals surface area (Å²) in [5, 5.41) is 21.6. The second-order valence-corrected chi connectivity index (χ2v) is 6.29. The number of anilines is 1. The van der Waals surface area contributed by atoms with Crippen LogP contribution < -0.4 is 5.32 Å². The van der Waals surface area contributed by atoms with Gasteiger partial charge in [0.2, 0.25) is 0 Å². The number of carbonyl (C=O) groups is 1. The van der Waals surface area contributed by atoms with Gasteiger partial charge in [-0.1, -0.05) is 36.4 Å². The Balaban J connectivity index is 1.73. The molecule has 2 amide bonds. The van der Waals surface area contributed by atoms with Crippen molar-refractivity contribution in [3.63, 3.8) is 0 Å².